The summed E-state index contributed by atoms with van der Waals surface area (Å²) in [5, 5.41) is 7.97. The minimum atomic E-state index is -4.61. The number of halogens is 3. The van der Waals surface area contributed by atoms with Crippen LogP contribution < -0.4 is 16.0 Å². The third kappa shape index (κ3) is 3.05. The molecular weight excluding hydrogens is 325 g/mol. The SMILES string of the molecule is C[C@H](NC1NC(=O)N(C2(C(F)(F)F)CC2)C(=O)N1)C1CCCCC1. The zero-order valence-corrected chi connectivity index (χ0v) is 13.6. The number of carbonyl (C=O) groups excluding carboxylic acids is 2. The van der Waals surface area contributed by atoms with Crippen LogP contribution in [-0.4, -0.2) is 41.0 Å². The van der Waals surface area contributed by atoms with Crippen LogP contribution >= 0.6 is 0 Å². The molecule has 6 nitrogen and oxygen atoms in total. The summed E-state index contributed by atoms with van der Waals surface area (Å²) in [6.45, 7) is 1.97. The molecule has 0 aromatic rings. The van der Waals surface area contributed by atoms with Gasteiger partial charge in [-0.05, 0) is 38.5 Å². The van der Waals surface area contributed by atoms with E-state index in [9.17, 15) is 22.8 Å². The summed E-state index contributed by atoms with van der Waals surface area (Å²) >= 11 is 0. The molecule has 3 fully saturated rings. The zero-order chi connectivity index (χ0) is 17.5. The maximum Gasteiger partial charge on any atom is 0.412 e. The van der Waals surface area contributed by atoms with Gasteiger partial charge >= 0.3 is 18.2 Å². The second-order valence-electron chi connectivity index (χ2n) is 7.05. The molecule has 2 saturated carbocycles. The summed E-state index contributed by atoms with van der Waals surface area (Å²) in [5.41, 5.74) is -2.35. The normalized spacial score (nSPS) is 26.8. The first-order valence-electron chi connectivity index (χ1n) is 8.49. The smallest absolute Gasteiger partial charge is 0.304 e. The van der Waals surface area contributed by atoms with Gasteiger partial charge < -0.3 is 10.6 Å². The average molecular weight is 348 g/mol. The number of amides is 4. The van der Waals surface area contributed by atoms with Crippen molar-refractivity contribution in [3.05, 3.63) is 0 Å². The molecule has 1 saturated heterocycles. The van der Waals surface area contributed by atoms with Gasteiger partial charge in [0, 0.05) is 6.04 Å². The lowest BCUT2D eigenvalue weighted by Gasteiger charge is -2.40. The van der Waals surface area contributed by atoms with Crippen LogP contribution in [0.2, 0.25) is 0 Å². The van der Waals surface area contributed by atoms with Crippen molar-refractivity contribution in [3.8, 4) is 0 Å². The van der Waals surface area contributed by atoms with Crippen LogP contribution in [0.3, 0.4) is 0 Å². The van der Waals surface area contributed by atoms with Gasteiger partial charge in [-0.25, -0.2) is 14.5 Å². The predicted octanol–water partition coefficient (Wildman–Crippen LogP) is 2.66. The number of alkyl halides is 3. The molecular formula is C15H23F3N4O2. The molecule has 3 aliphatic rings. The Kier molecular flexibility index (Phi) is 4.39. The summed E-state index contributed by atoms with van der Waals surface area (Å²) in [6.07, 6.45) is -0.266. The molecule has 1 aliphatic heterocycles. The first-order valence-corrected chi connectivity index (χ1v) is 8.49. The lowest BCUT2D eigenvalue weighted by molar-refractivity contribution is -0.182. The highest BCUT2D eigenvalue weighted by Gasteiger charge is 2.70. The van der Waals surface area contributed by atoms with Gasteiger partial charge in [-0.2, -0.15) is 13.2 Å². The second kappa shape index (κ2) is 6.09. The van der Waals surface area contributed by atoms with Gasteiger partial charge in [0.15, 0.2) is 6.29 Å². The van der Waals surface area contributed by atoms with Crippen molar-refractivity contribution in [1.29, 1.82) is 0 Å². The minimum Gasteiger partial charge on any atom is -0.304 e. The van der Waals surface area contributed by atoms with Crippen molar-refractivity contribution in [3.63, 3.8) is 0 Å². The Balaban J connectivity index is 1.61. The van der Waals surface area contributed by atoms with E-state index in [4.69, 9.17) is 0 Å². The van der Waals surface area contributed by atoms with Crippen molar-refractivity contribution >= 4 is 12.1 Å². The molecule has 0 aromatic carbocycles. The molecule has 0 radical (unpaired) electrons. The number of carbonyl (C=O) groups is 2. The van der Waals surface area contributed by atoms with Crippen molar-refractivity contribution < 1.29 is 22.8 Å². The van der Waals surface area contributed by atoms with Crippen molar-refractivity contribution in [2.24, 2.45) is 5.92 Å². The maximum absolute atomic E-state index is 13.2. The molecule has 0 bridgehead atoms. The molecule has 1 heterocycles. The van der Waals surface area contributed by atoms with Gasteiger partial charge in [0.2, 0.25) is 0 Å². The van der Waals surface area contributed by atoms with E-state index in [2.05, 4.69) is 16.0 Å². The quantitative estimate of drug-likeness (QED) is 0.731. The fourth-order valence-corrected chi connectivity index (χ4v) is 3.76. The van der Waals surface area contributed by atoms with Crippen LogP contribution in [0.15, 0.2) is 0 Å². The summed E-state index contributed by atoms with van der Waals surface area (Å²) in [5.74, 6) is 0.440. The van der Waals surface area contributed by atoms with Crippen LogP contribution in [-0.2, 0) is 0 Å². The van der Waals surface area contributed by atoms with Gasteiger partial charge in [-0.15, -0.1) is 0 Å². The van der Waals surface area contributed by atoms with E-state index in [0.29, 0.717) is 5.92 Å². The molecule has 9 heteroatoms. The number of nitrogens with zero attached hydrogens (tertiary/aromatic N) is 1. The summed E-state index contributed by atoms with van der Waals surface area (Å²) in [7, 11) is 0. The fourth-order valence-electron chi connectivity index (χ4n) is 3.76. The number of imide groups is 1. The van der Waals surface area contributed by atoms with Crippen LogP contribution in [0.1, 0.15) is 51.9 Å². The number of urea groups is 2. The summed E-state index contributed by atoms with van der Waals surface area (Å²) in [4.78, 5) is 24.5. The first-order chi connectivity index (χ1) is 11.2. The Bertz CT molecular complexity index is 497. The van der Waals surface area contributed by atoms with Crippen molar-refractivity contribution in [2.75, 3.05) is 0 Å². The van der Waals surface area contributed by atoms with Crippen LogP contribution in [0.25, 0.3) is 0 Å². The molecule has 1 atom stereocenters. The fraction of sp³-hybridized carbons (Fsp3) is 0.867. The molecule has 3 rings (SSSR count). The molecule has 4 amide bonds. The number of hydrogen-bond donors (Lipinski definition) is 3. The van der Waals surface area contributed by atoms with Gasteiger partial charge in [-0.3, -0.25) is 5.32 Å². The Labute approximate surface area is 138 Å². The lowest BCUT2D eigenvalue weighted by Crippen LogP contribution is -2.72. The highest BCUT2D eigenvalue weighted by molar-refractivity contribution is 5.97. The Morgan fingerprint density at radius 2 is 1.67 bits per heavy atom. The summed E-state index contributed by atoms with van der Waals surface area (Å²) in [6, 6.07) is -1.94. The lowest BCUT2D eigenvalue weighted by atomic mass is 9.84. The Morgan fingerprint density at radius 1 is 1.12 bits per heavy atom. The van der Waals surface area contributed by atoms with E-state index >= 15 is 0 Å². The van der Waals surface area contributed by atoms with Gasteiger partial charge in [0.1, 0.15) is 5.54 Å². The largest absolute Gasteiger partial charge is 0.412 e. The average Bonchev–Trinajstić information content (AvgIpc) is 3.28. The second-order valence-corrected chi connectivity index (χ2v) is 7.05. The third-order valence-electron chi connectivity index (χ3n) is 5.41. The van der Waals surface area contributed by atoms with Crippen molar-refractivity contribution in [2.45, 2.75) is 75.9 Å². The first kappa shape index (κ1) is 17.3. The monoisotopic (exact) mass is 348 g/mol. The molecule has 3 N–H and O–H groups in total. The molecule has 0 aromatic heterocycles. The highest BCUT2D eigenvalue weighted by atomic mass is 19.4. The van der Waals surface area contributed by atoms with E-state index < -0.39 is 30.1 Å². The standard InChI is InChI=1S/C15H23F3N4O2/c1-9(10-5-3-2-4-6-10)19-11-20-12(23)22(13(24)21-11)14(7-8-14)15(16,17)18/h9-11,19H,2-8H2,1H3,(H,20,23)(H,21,24)/t9-/m0/s1. The molecule has 24 heavy (non-hydrogen) atoms. The van der Waals surface area contributed by atoms with Crippen molar-refractivity contribution in [1.82, 2.24) is 20.9 Å². The minimum absolute atomic E-state index is 0.0555. The Morgan fingerprint density at radius 3 is 2.12 bits per heavy atom. The predicted molar refractivity (Wildman–Crippen MR) is 79.9 cm³/mol. The highest BCUT2D eigenvalue weighted by Crippen LogP contribution is 2.53. The third-order valence-corrected chi connectivity index (χ3v) is 5.41. The van der Waals surface area contributed by atoms with E-state index in [1.54, 1.807) is 0 Å². The molecule has 136 valence electrons. The van der Waals surface area contributed by atoms with E-state index in [1.807, 2.05) is 6.92 Å². The van der Waals surface area contributed by atoms with E-state index in [-0.39, 0.29) is 23.8 Å². The molecule has 2 aliphatic carbocycles. The van der Waals surface area contributed by atoms with Gasteiger partial charge in [-0.1, -0.05) is 19.3 Å². The topological polar surface area (TPSA) is 73.5 Å². The van der Waals surface area contributed by atoms with E-state index in [0.717, 1.165) is 25.7 Å². The van der Waals surface area contributed by atoms with Gasteiger partial charge in [0.25, 0.3) is 0 Å². The molecule has 0 spiro atoms. The summed E-state index contributed by atoms with van der Waals surface area (Å²) < 4.78 is 39.5. The van der Waals surface area contributed by atoms with Crippen LogP contribution in [0.4, 0.5) is 22.8 Å². The maximum atomic E-state index is 13.2. The molecule has 0 unspecified atom stereocenters. The number of hydrogen-bond acceptors (Lipinski definition) is 3. The zero-order valence-electron chi connectivity index (χ0n) is 13.6. The Hall–Kier alpha value is -1.51. The van der Waals surface area contributed by atoms with E-state index in [1.165, 1.54) is 6.42 Å². The van der Waals surface area contributed by atoms with Crippen LogP contribution in [0, 0.1) is 5.92 Å². The van der Waals surface area contributed by atoms with Crippen LogP contribution in [0.5, 0.6) is 0 Å². The number of rotatable bonds is 4. The van der Waals surface area contributed by atoms with Gasteiger partial charge in [0.05, 0.1) is 0 Å². The number of nitrogens with one attached hydrogen (secondary N) is 3.